The van der Waals surface area contributed by atoms with E-state index in [1.165, 1.54) is 18.2 Å². The molecular formula is C13H12BrF2NS. The number of benzene rings is 1. The molecule has 1 heterocycles. The fourth-order valence-corrected chi connectivity index (χ4v) is 3.13. The molecular weight excluding hydrogens is 320 g/mol. The van der Waals surface area contributed by atoms with E-state index in [0.29, 0.717) is 6.54 Å². The molecule has 0 bridgehead atoms. The predicted octanol–water partition coefficient (Wildman–Crippen LogP) is 4.64. The van der Waals surface area contributed by atoms with Gasteiger partial charge < -0.3 is 5.32 Å². The SMILES string of the molecule is CC(NCc1cc(Br)cs1)c1c(F)cccc1F. The van der Waals surface area contributed by atoms with Crippen LogP contribution < -0.4 is 5.32 Å². The Morgan fingerprint density at radius 2 is 2.00 bits per heavy atom. The van der Waals surface area contributed by atoms with Gasteiger partial charge in [-0.3, -0.25) is 0 Å². The van der Waals surface area contributed by atoms with Crippen molar-refractivity contribution < 1.29 is 8.78 Å². The topological polar surface area (TPSA) is 12.0 Å². The number of rotatable bonds is 4. The van der Waals surface area contributed by atoms with Crippen LogP contribution in [-0.4, -0.2) is 0 Å². The third-order valence-corrected chi connectivity index (χ3v) is 4.33. The summed E-state index contributed by atoms with van der Waals surface area (Å²) in [6.07, 6.45) is 0. The zero-order valence-corrected chi connectivity index (χ0v) is 12.1. The first-order valence-corrected chi connectivity index (χ1v) is 7.15. The van der Waals surface area contributed by atoms with Gasteiger partial charge in [-0.15, -0.1) is 11.3 Å². The van der Waals surface area contributed by atoms with Crippen molar-refractivity contribution in [2.75, 3.05) is 0 Å². The monoisotopic (exact) mass is 331 g/mol. The van der Waals surface area contributed by atoms with Gasteiger partial charge in [-0.2, -0.15) is 0 Å². The number of thiophene rings is 1. The fraction of sp³-hybridized carbons (Fsp3) is 0.231. The molecule has 5 heteroatoms. The van der Waals surface area contributed by atoms with Crippen molar-refractivity contribution >= 4 is 27.3 Å². The Hall–Kier alpha value is -0.780. The van der Waals surface area contributed by atoms with Crippen molar-refractivity contribution in [3.8, 4) is 0 Å². The first kappa shape index (κ1) is 13.6. The van der Waals surface area contributed by atoms with Crippen LogP contribution in [-0.2, 0) is 6.54 Å². The van der Waals surface area contributed by atoms with E-state index < -0.39 is 11.6 Å². The molecule has 0 fully saturated rings. The van der Waals surface area contributed by atoms with Crippen molar-refractivity contribution in [2.45, 2.75) is 19.5 Å². The molecule has 0 aliphatic heterocycles. The fourth-order valence-electron chi connectivity index (χ4n) is 1.73. The van der Waals surface area contributed by atoms with E-state index in [9.17, 15) is 8.78 Å². The lowest BCUT2D eigenvalue weighted by Gasteiger charge is -2.15. The normalized spacial score (nSPS) is 12.7. The minimum atomic E-state index is -0.512. The first-order valence-electron chi connectivity index (χ1n) is 5.48. The molecule has 0 amide bonds. The molecule has 1 N–H and O–H groups in total. The van der Waals surface area contributed by atoms with Gasteiger partial charge in [-0.05, 0) is 41.1 Å². The quantitative estimate of drug-likeness (QED) is 0.860. The van der Waals surface area contributed by atoms with Gasteiger partial charge in [0.1, 0.15) is 11.6 Å². The molecule has 0 aliphatic rings. The lowest BCUT2D eigenvalue weighted by Crippen LogP contribution is -2.19. The molecule has 2 aromatic rings. The minimum absolute atomic E-state index is 0.0909. The predicted molar refractivity (Wildman–Crippen MR) is 73.6 cm³/mol. The van der Waals surface area contributed by atoms with Crippen LogP contribution in [0.5, 0.6) is 0 Å². The van der Waals surface area contributed by atoms with Gasteiger partial charge in [0, 0.05) is 32.9 Å². The summed E-state index contributed by atoms with van der Waals surface area (Å²) in [5.41, 5.74) is 0.0909. The molecule has 1 unspecified atom stereocenters. The van der Waals surface area contributed by atoms with E-state index in [-0.39, 0.29) is 11.6 Å². The zero-order chi connectivity index (χ0) is 13.1. The van der Waals surface area contributed by atoms with E-state index in [2.05, 4.69) is 21.2 Å². The maximum absolute atomic E-state index is 13.5. The highest BCUT2D eigenvalue weighted by atomic mass is 79.9. The molecule has 0 radical (unpaired) electrons. The molecule has 1 atom stereocenters. The molecule has 2 rings (SSSR count). The third kappa shape index (κ3) is 3.16. The molecule has 1 nitrogen and oxygen atoms in total. The Bertz CT molecular complexity index is 521. The smallest absolute Gasteiger partial charge is 0.130 e. The first-order chi connectivity index (χ1) is 8.58. The van der Waals surface area contributed by atoms with Crippen LogP contribution in [0.3, 0.4) is 0 Å². The van der Waals surface area contributed by atoms with Crippen molar-refractivity contribution in [1.82, 2.24) is 5.32 Å². The Balaban J connectivity index is 2.06. The average molecular weight is 332 g/mol. The van der Waals surface area contributed by atoms with Crippen LogP contribution in [0.15, 0.2) is 34.1 Å². The summed E-state index contributed by atoms with van der Waals surface area (Å²) >= 11 is 4.97. The number of halogens is 3. The van der Waals surface area contributed by atoms with E-state index >= 15 is 0 Å². The second-order valence-electron chi connectivity index (χ2n) is 3.97. The largest absolute Gasteiger partial charge is 0.305 e. The van der Waals surface area contributed by atoms with Crippen LogP contribution in [0.4, 0.5) is 8.78 Å². The highest BCUT2D eigenvalue weighted by Crippen LogP contribution is 2.23. The number of nitrogens with one attached hydrogen (secondary N) is 1. The summed E-state index contributed by atoms with van der Waals surface area (Å²) in [4.78, 5) is 1.12. The van der Waals surface area contributed by atoms with Crippen LogP contribution in [0, 0.1) is 11.6 Å². The van der Waals surface area contributed by atoms with E-state index in [0.717, 1.165) is 9.35 Å². The maximum atomic E-state index is 13.5. The molecule has 1 aromatic heterocycles. The Morgan fingerprint density at radius 1 is 1.33 bits per heavy atom. The molecule has 0 spiro atoms. The summed E-state index contributed by atoms with van der Waals surface area (Å²) < 4.78 is 28.1. The molecule has 1 aromatic carbocycles. The highest BCUT2D eigenvalue weighted by molar-refractivity contribution is 9.10. The molecule has 18 heavy (non-hydrogen) atoms. The van der Waals surface area contributed by atoms with E-state index in [1.54, 1.807) is 18.3 Å². The van der Waals surface area contributed by atoms with Crippen molar-refractivity contribution in [3.63, 3.8) is 0 Å². The van der Waals surface area contributed by atoms with Crippen LogP contribution in [0.25, 0.3) is 0 Å². The van der Waals surface area contributed by atoms with Crippen molar-refractivity contribution in [1.29, 1.82) is 0 Å². The molecule has 0 aliphatic carbocycles. The Labute approximate surface area is 117 Å². The van der Waals surface area contributed by atoms with Gasteiger partial charge in [0.2, 0.25) is 0 Å². The zero-order valence-electron chi connectivity index (χ0n) is 9.71. The van der Waals surface area contributed by atoms with Gasteiger partial charge in [-0.25, -0.2) is 8.78 Å². The minimum Gasteiger partial charge on any atom is -0.305 e. The van der Waals surface area contributed by atoms with E-state index in [4.69, 9.17) is 0 Å². The van der Waals surface area contributed by atoms with Crippen molar-refractivity contribution in [2.24, 2.45) is 0 Å². The summed E-state index contributed by atoms with van der Waals surface area (Å²) in [7, 11) is 0. The van der Waals surface area contributed by atoms with E-state index in [1.807, 2.05) is 11.4 Å². The molecule has 0 saturated carbocycles. The second kappa shape index (κ2) is 5.91. The maximum Gasteiger partial charge on any atom is 0.130 e. The summed E-state index contributed by atoms with van der Waals surface area (Å²) in [6.45, 7) is 2.34. The second-order valence-corrected chi connectivity index (χ2v) is 5.88. The van der Waals surface area contributed by atoms with Crippen LogP contribution in [0.1, 0.15) is 23.4 Å². The summed E-state index contributed by atoms with van der Waals surface area (Å²) in [5.74, 6) is -1.02. The summed E-state index contributed by atoms with van der Waals surface area (Å²) in [5, 5.41) is 5.10. The van der Waals surface area contributed by atoms with Crippen LogP contribution in [0.2, 0.25) is 0 Å². The van der Waals surface area contributed by atoms with Gasteiger partial charge in [0.25, 0.3) is 0 Å². The van der Waals surface area contributed by atoms with Gasteiger partial charge in [0.05, 0.1) is 0 Å². The van der Waals surface area contributed by atoms with Gasteiger partial charge >= 0.3 is 0 Å². The average Bonchev–Trinajstić information content (AvgIpc) is 2.72. The lowest BCUT2D eigenvalue weighted by molar-refractivity contribution is 0.489. The Morgan fingerprint density at radius 3 is 2.56 bits per heavy atom. The van der Waals surface area contributed by atoms with Gasteiger partial charge in [-0.1, -0.05) is 6.07 Å². The van der Waals surface area contributed by atoms with Gasteiger partial charge in [0.15, 0.2) is 0 Å². The lowest BCUT2D eigenvalue weighted by atomic mass is 10.1. The highest BCUT2D eigenvalue weighted by Gasteiger charge is 2.15. The third-order valence-electron chi connectivity index (χ3n) is 2.64. The number of hydrogen-bond donors (Lipinski definition) is 1. The molecule has 96 valence electrons. The number of hydrogen-bond acceptors (Lipinski definition) is 2. The van der Waals surface area contributed by atoms with Crippen LogP contribution >= 0.6 is 27.3 Å². The van der Waals surface area contributed by atoms with Crippen molar-refractivity contribution in [3.05, 3.63) is 56.2 Å². The molecule has 0 saturated heterocycles. The summed E-state index contributed by atoms with van der Waals surface area (Å²) in [6, 6.07) is 5.54. The standard InChI is InChI=1S/C13H12BrF2NS/c1-8(13-11(15)3-2-4-12(13)16)17-6-10-5-9(14)7-18-10/h2-5,7-8,17H,6H2,1H3. The Kier molecular flexibility index (Phi) is 4.48.